The summed E-state index contributed by atoms with van der Waals surface area (Å²) in [7, 11) is 0. The van der Waals surface area contributed by atoms with Crippen LogP contribution in [0.3, 0.4) is 0 Å². The van der Waals surface area contributed by atoms with Crippen molar-refractivity contribution in [2.75, 3.05) is 0 Å². The molecule has 1 atom stereocenters. The molecule has 4 aliphatic carbocycles. The van der Waals surface area contributed by atoms with E-state index >= 15 is 0 Å². The average Bonchev–Trinajstić information content (AvgIpc) is 2.56. The number of hydrogen-bond donors (Lipinski definition) is 2. The Labute approximate surface area is 118 Å². The predicted molar refractivity (Wildman–Crippen MR) is 72.0 cm³/mol. The molecule has 20 heavy (non-hydrogen) atoms. The second kappa shape index (κ2) is 3.65. The molecule has 5 rings (SSSR count). The van der Waals surface area contributed by atoms with Crippen LogP contribution in [0.1, 0.15) is 45.4 Å². The van der Waals surface area contributed by atoms with Crippen LogP contribution in [0.25, 0.3) is 0 Å². The summed E-state index contributed by atoms with van der Waals surface area (Å²) in [4.78, 5) is 12.4. The molecule has 0 radical (unpaired) electrons. The monoisotopic (exact) mass is 272 g/mol. The Morgan fingerprint density at radius 1 is 1.20 bits per heavy atom. The fraction of sp³-hybridized carbons (Fsp3) is 0.750. The van der Waals surface area contributed by atoms with Crippen molar-refractivity contribution >= 4 is 5.91 Å². The van der Waals surface area contributed by atoms with E-state index in [4.69, 9.17) is 0 Å². The van der Waals surface area contributed by atoms with Crippen molar-refractivity contribution in [1.82, 2.24) is 5.32 Å². The first-order valence-electron chi connectivity index (χ1n) is 7.64. The second-order valence-corrected chi connectivity index (χ2v) is 7.59. The van der Waals surface area contributed by atoms with Gasteiger partial charge in [-0.15, -0.1) is 0 Å². The van der Waals surface area contributed by atoms with E-state index in [1.165, 1.54) is 26.2 Å². The van der Waals surface area contributed by atoms with E-state index in [1.807, 2.05) is 0 Å². The van der Waals surface area contributed by atoms with Crippen LogP contribution in [0.5, 0.6) is 0 Å². The minimum Gasteiger partial charge on any atom is -0.366 e. The molecule has 4 fully saturated rings. The van der Waals surface area contributed by atoms with Gasteiger partial charge < -0.3 is 10.4 Å². The molecule has 4 bridgehead atoms. The van der Waals surface area contributed by atoms with Gasteiger partial charge >= 0.3 is 0 Å². The molecule has 1 unspecified atom stereocenters. The number of hydrogen-bond acceptors (Lipinski definition) is 3. The van der Waals surface area contributed by atoms with Gasteiger partial charge in [0.1, 0.15) is 6.07 Å². The third kappa shape index (κ3) is 1.47. The Bertz CT molecular complexity index is 532. The zero-order valence-electron chi connectivity index (χ0n) is 11.8. The van der Waals surface area contributed by atoms with E-state index in [0.29, 0.717) is 23.3 Å². The lowest BCUT2D eigenvalue weighted by Crippen LogP contribution is -2.48. The molecule has 1 heterocycles. The van der Waals surface area contributed by atoms with E-state index in [1.54, 1.807) is 0 Å². The van der Waals surface area contributed by atoms with Gasteiger partial charge in [0.05, 0.1) is 5.57 Å². The molecule has 5 aliphatic rings. The van der Waals surface area contributed by atoms with E-state index in [0.717, 1.165) is 19.3 Å². The van der Waals surface area contributed by atoms with Gasteiger partial charge in [-0.05, 0) is 63.2 Å². The highest BCUT2D eigenvalue weighted by atomic mass is 16.3. The Hall–Kier alpha value is -1.34. The van der Waals surface area contributed by atoms with Crippen LogP contribution < -0.4 is 5.32 Å². The van der Waals surface area contributed by atoms with E-state index in [9.17, 15) is 15.2 Å². The Balaban J connectivity index is 1.84. The van der Waals surface area contributed by atoms with Crippen molar-refractivity contribution in [3.63, 3.8) is 0 Å². The van der Waals surface area contributed by atoms with Crippen molar-refractivity contribution in [2.45, 2.75) is 51.2 Å². The van der Waals surface area contributed by atoms with E-state index < -0.39 is 5.72 Å². The Kier molecular flexibility index (Phi) is 2.26. The zero-order chi connectivity index (χ0) is 14.1. The van der Waals surface area contributed by atoms with Crippen LogP contribution in [-0.2, 0) is 4.79 Å². The van der Waals surface area contributed by atoms with Gasteiger partial charge in [-0.3, -0.25) is 4.79 Å². The maximum absolute atomic E-state index is 12.4. The number of carbonyl (C=O) groups is 1. The lowest BCUT2D eigenvalue weighted by molar-refractivity contribution is -0.123. The molecule has 4 nitrogen and oxygen atoms in total. The zero-order valence-corrected chi connectivity index (χ0v) is 11.8. The van der Waals surface area contributed by atoms with Gasteiger partial charge in [0.15, 0.2) is 5.72 Å². The summed E-state index contributed by atoms with van der Waals surface area (Å²) >= 11 is 0. The van der Waals surface area contributed by atoms with Gasteiger partial charge in [-0.1, -0.05) is 0 Å². The number of nitrogens with one attached hydrogen (secondary N) is 1. The van der Waals surface area contributed by atoms with Gasteiger partial charge in [-0.2, -0.15) is 5.26 Å². The topological polar surface area (TPSA) is 73.1 Å². The number of carbonyl (C=O) groups excluding carboxylic acids is 1. The molecule has 0 aromatic rings. The van der Waals surface area contributed by atoms with Crippen molar-refractivity contribution < 1.29 is 9.90 Å². The van der Waals surface area contributed by atoms with E-state index in [-0.39, 0.29) is 16.9 Å². The van der Waals surface area contributed by atoms with Crippen molar-refractivity contribution in [3.05, 3.63) is 11.1 Å². The first kappa shape index (κ1) is 12.4. The summed E-state index contributed by atoms with van der Waals surface area (Å²) in [5, 5.41) is 22.3. The fourth-order valence-corrected chi connectivity index (χ4v) is 5.79. The summed E-state index contributed by atoms with van der Waals surface area (Å²) in [6.45, 7) is 1.51. The maximum atomic E-state index is 12.4. The first-order chi connectivity index (χ1) is 9.43. The molecule has 0 aromatic heterocycles. The minimum atomic E-state index is -1.48. The van der Waals surface area contributed by atoms with Crippen LogP contribution in [0.2, 0.25) is 0 Å². The molecule has 4 saturated carbocycles. The highest BCUT2D eigenvalue weighted by Gasteiger charge is 2.57. The summed E-state index contributed by atoms with van der Waals surface area (Å²) in [5.74, 6) is 1.93. The third-order valence-corrected chi connectivity index (χ3v) is 6.00. The molecule has 0 aromatic carbocycles. The molecule has 106 valence electrons. The second-order valence-electron chi connectivity index (χ2n) is 7.59. The largest absolute Gasteiger partial charge is 0.366 e. The van der Waals surface area contributed by atoms with Gasteiger partial charge in [0.25, 0.3) is 5.91 Å². The van der Waals surface area contributed by atoms with Crippen molar-refractivity contribution in [1.29, 1.82) is 5.26 Å². The predicted octanol–water partition coefficient (Wildman–Crippen LogP) is 1.86. The maximum Gasteiger partial charge on any atom is 0.251 e. The van der Waals surface area contributed by atoms with Crippen LogP contribution in [0.4, 0.5) is 0 Å². The van der Waals surface area contributed by atoms with Crippen molar-refractivity contribution in [3.8, 4) is 6.07 Å². The number of rotatable bonds is 1. The minimum absolute atomic E-state index is 0.135. The van der Waals surface area contributed by atoms with Crippen LogP contribution in [0, 0.1) is 34.5 Å². The molecule has 0 spiro atoms. The number of aliphatic hydroxyl groups is 1. The SMILES string of the molecule is CC1(O)NC(=O)C(C23CC4CC(CC(C4)C2)C3)=C1C#N. The van der Waals surface area contributed by atoms with Crippen LogP contribution >= 0.6 is 0 Å². The highest BCUT2D eigenvalue weighted by Crippen LogP contribution is 2.63. The van der Waals surface area contributed by atoms with Crippen LogP contribution in [-0.4, -0.2) is 16.7 Å². The standard InChI is InChI=1S/C16H20N2O2/c1-15(20)12(8-17)13(14(19)18-15)16-5-9-2-10(6-16)4-11(3-9)7-16/h9-11,20H,2-7H2,1H3,(H,18,19). The van der Waals surface area contributed by atoms with Gasteiger partial charge in [0.2, 0.25) is 0 Å². The molecular formula is C16H20N2O2. The molecule has 1 amide bonds. The fourth-order valence-electron chi connectivity index (χ4n) is 5.79. The molecule has 1 aliphatic heterocycles. The molecule has 4 heteroatoms. The van der Waals surface area contributed by atoms with Gasteiger partial charge in [-0.25, -0.2) is 0 Å². The number of nitriles is 1. The molecular weight excluding hydrogens is 252 g/mol. The summed E-state index contributed by atoms with van der Waals surface area (Å²) in [6, 6.07) is 2.11. The van der Waals surface area contributed by atoms with Crippen LogP contribution in [0.15, 0.2) is 11.1 Å². The summed E-state index contributed by atoms with van der Waals surface area (Å²) < 4.78 is 0. The van der Waals surface area contributed by atoms with E-state index in [2.05, 4.69) is 11.4 Å². The Morgan fingerprint density at radius 3 is 2.15 bits per heavy atom. The normalized spacial score (nSPS) is 49.5. The number of amides is 1. The summed E-state index contributed by atoms with van der Waals surface area (Å²) in [6.07, 6.45) is 6.99. The third-order valence-electron chi connectivity index (χ3n) is 6.00. The Morgan fingerprint density at radius 2 is 1.70 bits per heavy atom. The lowest BCUT2D eigenvalue weighted by atomic mass is 9.47. The molecule has 0 saturated heterocycles. The van der Waals surface area contributed by atoms with Crippen molar-refractivity contribution in [2.24, 2.45) is 23.2 Å². The first-order valence-corrected chi connectivity index (χ1v) is 7.64. The highest BCUT2D eigenvalue weighted by molar-refractivity contribution is 6.00. The summed E-state index contributed by atoms with van der Waals surface area (Å²) in [5.41, 5.74) is -0.733. The number of nitrogens with zero attached hydrogens (tertiary/aromatic N) is 1. The average molecular weight is 272 g/mol. The lowest BCUT2D eigenvalue weighted by Gasteiger charge is -2.57. The van der Waals surface area contributed by atoms with Gasteiger partial charge in [0, 0.05) is 11.0 Å². The smallest absolute Gasteiger partial charge is 0.251 e. The molecule has 2 N–H and O–H groups in total. The quantitative estimate of drug-likeness (QED) is 0.765.